The number of rotatable bonds is 11. The minimum absolute atomic E-state index is 0.234. The van der Waals surface area contributed by atoms with Gasteiger partial charge in [-0.3, -0.25) is 14.4 Å². The number of nitrogens with one attached hydrogen (secondary N) is 1. The third-order valence-corrected chi connectivity index (χ3v) is 8.14. The van der Waals surface area contributed by atoms with E-state index in [0.29, 0.717) is 27.1 Å². The van der Waals surface area contributed by atoms with E-state index in [4.69, 9.17) is 23.2 Å². The first kappa shape index (κ1) is 26.4. The summed E-state index contributed by atoms with van der Waals surface area (Å²) >= 11 is 15.9. The summed E-state index contributed by atoms with van der Waals surface area (Å²) in [6.07, 6.45) is 0.0714. The number of hydrogen-bond acceptors (Lipinski definition) is 10. The molecule has 1 amide bonds. The number of thioether (sulfide) groups is 1. The van der Waals surface area contributed by atoms with Crippen LogP contribution in [0, 0.1) is 6.92 Å². The van der Waals surface area contributed by atoms with Crippen molar-refractivity contribution in [1.29, 1.82) is 0 Å². The van der Waals surface area contributed by atoms with Gasteiger partial charge in [-0.15, -0.1) is 16.4 Å². The predicted octanol–water partition coefficient (Wildman–Crippen LogP) is 3.99. The molecule has 0 aliphatic rings. The van der Waals surface area contributed by atoms with E-state index in [2.05, 4.69) is 25.8 Å². The highest BCUT2D eigenvalue weighted by atomic mass is 35.5. The minimum Gasteiger partial charge on any atom is -0.481 e. The van der Waals surface area contributed by atoms with Crippen molar-refractivity contribution in [1.82, 2.24) is 30.5 Å². The zero-order valence-corrected chi connectivity index (χ0v) is 21.6. The molecule has 2 aromatic heterocycles. The summed E-state index contributed by atoms with van der Waals surface area (Å²) < 4.78 is 1.20. The molecule has 180 valence electrons. The van der Waals surface area contributed by atoms with Gasteiger partial charge >= 0.3 is 5.97 Å². The first-order valence-electron chi connectivity index (χ1n) is 9.69. The zero-order chi connectivity index (χ0) is 24.7. The molecule has 1 atom stereocenters. The van der Waals surface area contributed by atoms with Crippen LogP contribution in [0.5, 0.6) is 0 Å². The van der Waals surface area contributed by atoms with Gasteiger partial charge in [0.25, 0.3) is 5.24 Å². The van der Waals surface area contributed by atoms with Crippen molar-refractivity contribution in [3.63, 3.8) is 0 Å². The second kappa shape index (κ2) is 12.5. The molecule has 0 saturated heterocycles. The van der Waals surface area contributed by atoms with Crippen molar-refractivity contribution < 1.29 is 19.5 Å². The number of amides is 1. The number of tetrazole rings is 1. The Morgan fingerprint density at radius 2 is 2.00 bits per heavy atom. The molecule has 2 N–H and O–H groups in total. The van der Waals surface area contributed by atoms with E-state index in [9.17, 15) is 19.5 Å². The second-order valence-electron chi connectivity index (χ2n) is 6.78. The number of aliphatic carboxylic acids is 1. The molecule has 0 aliphatic heterocycles. The summed E-state index contributed by atoms with van der Waals surface area (Å²) in [5.41, 5.74) is 2.65. The summed E-state index contributed by atoms with van der Waals surface area (Å²) in [7, 11) is 0. The second-order valence-corrected chi connectivity index (χ2v) is 10.6. The fourth-order valence-electron chi connectivity index (χ4n) is 2.70. The number of aromatic nitrogens is 5. The highest BCUT2D eigenvalue weighted by molar-refractivity contribution is 8.13. The maximum absolute atomic E-state index is 12.9. The number of carboxylic acid groups (broad SMARTS) is 1. The summed E-state index contributed by atoms with van der Waals surface area (Å²) in [6.45, 7) is 1.55. The Hall–Kier alpha value is -2.19. The molecule has 1 unspecified atom stereocenters. The van der Waals surface area contributed by atoms with Crippen LogP contribution in [0.1, 0.15) is 17.0 Å². The Labute approximate surface area is 216 Å². The van der Waals surface area contributed by atoms with Gasteiger partial charge in [0.15, 0.2) is 5.78 Å². The van der Waals surface area contributed by atoms with Gasteiger partial charge in [0.2, 0.25) is 5.16 Å². The number of ketones is 1. The fraction of sp³-hybridized carbons (Fsp3) is 0.316. The molecule has 0 fully saturated rings. The lowest BCUT2D eigenvalue weighted by Gasteiger charge is -2.16. The number of thiazole rings is 1. The van der Waals surface area contributed by atoms with E-state index < -0.39 is 29.5 Å². The number of nitrogens with zero attached hydrogens (tertiary/aromatic N) is 5. The Morgan fingerprint density at radius 3 is 2.65 bits per heavy atom. The highest BCUT2D eigenvalue weighted by Crippen LogP contribution is 2.37. The Morgan fingerprint density at radius 1 is 1.26 bits per heavy atom. The van der Waals surface area contributed by atoms with Crippen LogP contribution in [0.4, 0.5) is 4.79 Å². The van der Waals surface area contributed by atoms with E-state index >= 15 is 0 Å². The highest BCUT2D eigenvalue weighted by Gasteiger charge is 2.26. The molecular weight excluding hydrogens is 543 g/mol. The number of carbonyl (C=O) groups excluding carboxylic acids is 2. The number of carbonyl (C=O) groups is 3. The number of benzene rings is 1. The Kier molecular flexibility index (Phi) is 9.71. The minimum atomic E-state index is -1.24. The van der Waals surface area contributed by atoms with Crippen molar-refractivity contribution in [3.8, 4) is 0 Å². The lowest BCUT2D eigenvalue weighted by atomic mass is 10.1. The van der Waals surface area contributed by atoms with Crippen LogP contribution in [0.15, 0.2) is 33.8 Å². The number of Topliss-reactive ketones (excluding diaryl/α,β-unsaturated/α-hetero) is 1. The number of halogens is 2. The normalized spacial score (nSPS) is 11.9. The van der Waals surface area contributed by atoms with Crippen molar-refractivity contribution >= 4 is 75.1 Å². The van der Waals surface area contributed by atoms with Crippen LogP contribution < -0.4 is 5.32 Å². The summed E-state index contributed by atoms with van der Waals surface area (Å²) in [6, 6.07) is 3.76. The smallest absolute Gasteiger partial charge is 0.305 e. The molecule has 0 saturated carbocycles. The van der Waals surface area contributed by atoms with Crippen LogP contribution in [-0.2, 0) is 22.6 Å². The standard InChI is InChI=1S/C19H18Cl2N6O4S3/c1-10-15(33-9-22-10)5-6-32-19(31)23-13(7-16(29)30)14(28)8-27-18(24-25-26-27)34-17-11(20)3-2-4-12(17)21/h2-4,9,13H,5-8H2,1H3,(H,23,31)(H,29,30). The molecule has 3 aromatic rings. The first-order valence-corrected chi connectivity index (χ1v) is 13.1. The van der Waals surface area contributed by atoms with E-state index in [-0.39, 0.29) is 11.7 Å². The van der Waals surface area contributed by atoms with Crippen LogP contribution in [0.25, 0.3) is 0 Å². The average Bonchev–Trinajstić information content (AvgIpc) is 3.38. The van der Waals surface area contributed by atoms with Crippen molar-refractivity contribution in [3.05, 3.63) is 44.3 Å². The summed E-state index contributed by atoms with van der Waals surface area (Å²) in [4.78, 5) is 42.2. The van der Waals surface area contributed by atoms with Gasteiger partial charge in [-0.25, -0.2) is 9.67 Å². The van der Waals surface area contributed by atoms with E-state index in [1.54, 1.807) is 23.7 Å². The fourth-order valence-corrected chi connectivity index (χ4v) is 5.76. The zero-order valence-electron chi connectivity index (χ0n) is 17.6. The molecule has 0 radical (unpaired) electrons. The molecule has 34 heavy (non-hydrogen) atoms. The van der Waals surface area contributed by atoms with Crippen molar-refractivity contribution in [2.75, 3.05) is 5.75 Å². The van der Waals surface area contributed by atoms with Gasteiger partial charge in [0.05, 0.1) is 32.6 Å². The topological polar surface area (TPSA) is 140 Å². The molecule has 0 spiro atoms. The maximum atomic E-state index is 12.9. The van der Waals surface area contributed by atoms with Gasteiger partial charge in [-0.05, 0) is 47.7 Å². The predicted molar refractivity (Wildman–Crippen MR) is 131 cm³/mol. The molecule has 10 nitrogen and oxygen atoms in total. The molecule has 0 bridgehead atoms. The molecule has 15 heteroatoms. The SMILES string of the molecule is Cc1ncsc1CCSC(=O)NC(CC(=O)O)C(=O)Cn1nnnc1Sc1c(Cl)cccc1Cl. The van der Waals surface area contributed by atoms with Crippen LogP contribution >= 0.6 is 58.1 Å². The maximum Gasteiger partial charge on any atom is 0.305 e. The lowest BCUT2D eigenvalue weighted by Crippen LogP contribution is -2.42. The van der Waals surface area contributed by atoms with Gasteiger partial charge in [0, 0.05) is 10.6 Å². The summed E-state index contributed by atoms with van der Waals surface area (Å²) in [5, 5.41) is 23.5. The van der Waals surface area contributed by atoms with Crippen LogP contribution in [-0.4, -0.2) is 59.1 Å². The van der Waals surface area contributed by atoms with Crippen LogP contribution in [0.3, 0.4) is 0 Å². The molecule has 1 aromatic carbocycles. The monoisotopic (exact) mass is 560 g/mol. The number of aryl methyl sites for hydroxylation is 2. The molecule has 0 aliphatic carbocycles. The number of hydrogen-bond donors (Lipinski definition) is 2. The first-order chi connectivity index (χ1) is 16.2. The summed E-state index contributed by atoms with van der Waals surface area (Å²) in [5.74, 6) is -1.32. The van der Waals surface area contributed by atoms with Crippen molar-refractivity contribution in [2.24, 2.45) is 0 Å². The molecule has 3 rings (SSSR count). The lowest BCUT2D eigenvalue weighted by molar-refractivity contribution is -0.139. The third kappa shape index (κ3) is 7.40. The molecular formula is C19H18Cl2N6O4S3. The van der Waals surface area contributed by atoms with Gasteiger partial charge in [-0.2, -0.15) is 0 Å². The van der Waals surface area contributed by atoms with Gasteiger partial charge in [0.1, 0.15) is 12.6 Å². The van der Waals surface area contributed by atoms with Gasteiger partial charge in [-0.1, -0.05) is 41.0 Å². The average molecular weight is 561 g/mol. The van der Waals surface area contributed by atoms with E-state index in [0.717, 1.165) is 34.1 Å². The number of carboxylic acids is 1. The Bertz CT molecular complexity index is 1170. The largest absolute Gasteiger partial charge is 0.481 e. The quantitative estimate of drug-likeness (QED) is 0.353. The van der Waals surface area contributed by atoms with E-state index in [1.165, 1.54) is 16.0 Å². The van der Waals surface area contributed by atoms with Crippen molar-refractivity contribution in [2.45, 2.75) is 42.4 Å². The third-order valence-electron chi connectivity index (χ3n) is 4.38. The van der Waals surface area contributed by atoms with Crippen LogP contribution in [0.2, 0.25) is 10.0 Å². The Balaban J connectivity index is 1.62. The van der Waals surface area contributed by atoms with Gasteiger partial charge < -0.3 is 10.4 Å². The van der Waals surface area contributed by atoms with E-state index in [1.807, 2.05) is 6.92 Å². The molecule has 2 heterocycles.